The van der Waals surface area contributed by atoms with Crippen LogP contribution in [0.3, 0.4) is 0 Å². The maximum atomic E-state index is 6.32. The third-order valence-electron chi connectivity index (χ3n) is 3.41. The maximum absolute atomic E-state index is 6.32. The van der Waals surface area contributed by atoms with E-state index in [1.54, 1.807) is 0 Å². The fourth-order valence-electron chi connectivity index (χ4n) is 2.11. The Labute approximate surface area is 122 Å². The van der Waals surface area contributed by atoms with E-state index < -0.39 is 0 Å². The van der Waals surface area contributed by atoms with Crippen molar-refractivity contribution in [2.24, 2.45) is 18.4 Å². The summed E-state index contributed by atoms with van der Waals surface area (Å²) < 4.78 is 1.88. The summed E-state index contributed by atoms with van der Waals surface area (Å²) in [7, 11) is 1.94. The van der Waals surface area contributed by atoms with Gasteiger partial charge in [-0.3, -0.25) is 4.68 Å². The number of aryl methyl sites for hydroxylation is 2. The van der Waals surface area contributed by atoms with Gasteiger partial charge >= 0.3 is 0 Å². The van der Waals surface area contributed by atoms with E-state index in [2.05, 4.69) is 37.8 Å². The maximum Gasteiger partial charge on any atom is 0.0847 e. The van der Waals surface area contributed by atoms with E-state index in [0.717, 1.165) is 35.9 Å². The molecule has 1 aromatic rings. The lowest BCUT2D eigenvalue weighted by atomic mass is 9.85. The standard InChI is InChI=1S/C15H26ClN3/c1-7-15(5,10-17-9-11(2)3)8-13-14(16)12(4)18-19(13)6/h7,11,17H,1,8-10H2,2-6H3. The van der Waals surface area contributed by atoms with E-state index in [1.165, 1.54) is 0 Å². The van der Waals surface area contributed by atoms with Crippen LogP contribution in [0.5, 0.6) is 0 Å². The van der Waals surface area contributed by atoms with Crippen molar-refractivity contribution in [1.82, 2.24) is 15.1 Å². The predicted octanol–water partition coefficient (Wildman–Crippen LogP) is 3.36. The topological polar surface area (TPSA) is 29.9 Å². The lowest BCUT2D eigenvalue weighted by Crippen LogP contribution is -2.34. The van der Waals surface area contributed by atoms with Gasteiger partial charge in [0.25, 0.3) is 0 Å². The van der Waals surface area contributed by atoms with Gasteiger partial charge in [-0.25, -0.2) is 0 Å². The summed E-state index contributed by atoms with van der Waals surface area (Å²) in [4.78, 5) is 0. The molecular formula is C15H26ClN3. The summed E-state index contributed by atoms with van der Waals surface area (Å²) in [6.45, 7) is 14.4. The van der Waals surface area contributed by atoms with E-state index in [1.807, 2.05) is 24.7 Å². The Kier molecular flexibility index (Phi) is 5.63. The summed E-state index contributed by atoms with van der Waals surface area (Å²) >= 11 is 6.32. The van der Waals surface area contributed by atoms with Crippen molar-refractivity contribution in [3.63, 3.8) is 0 Å². The van der Waals surface area contributed by atoms with E-state index in [4.69, 9.17) is 11.6 Å². The average Bonchev–Trinajstić information content (AvgIpc) is 2.55. The summed E-state index contributed by atoms with van der Waals surface area (Å²) in [6.07, 6.45) is 2.86. The molecular weight excluding hydrogens is 258 g/mol. The lowest BCUT2D eigenvalue weighted by Gasteiger charge is -2.27. The number of aromatic nitrogens is 2. The van der Waals surface area contributed by atoms with Crippen molar-refractivity contribution >= 4 is 11.6 Å². The van der Waals surface area contributed by atoms with E-state index in [-0.39, 0.29) is 5.41 Å². The van der Waals surface area contributed by atoms with Gasteiger partial charge in [0, 0.05) is 25.4 Å². The number of halogens is 1. The summed E-state index contributed by atoms with van der Waals surface area (Å²) in [5, 5.41) is 8.64. The van der Waals surface area contributed by atoms with Gasteiger partial charge in [0.1, 0.15) is 0 Å². The molecule has 0 aliphatic rings. The van der Waals surface area contributed by atoms with Crippen molar-refractivity contribution in [2.45, 2.75) is 34.1 Å². The van der Waals surface area contributed by atoms with Gasteiger partial charge in [-0.15, -0.1) is 6.58 Å². The molecule has 0 bridgehead atoms. The highest BCUT2D eigenvalue weighted by Crippen LogP contribution is 2.28. The highest BCUT2D eigenvalue weighted by molar-refractivity contribution is 6.31. The minimum Gasteiger partial charge on any atom is -0.316 e. The smallest absolute Gasteiger partial charge is 0.0847 e. The molecule has 1 heterocycles. The normalized spacial score (nSPS) is 14.7. The molecule has 3 nitrogen and oxygen atoms in total. The largest absolute Gasteiger partial charge is 0.316 e. The predicted molar refractivity (Wildman–Crippen MR) is 82.7 cm³/mol. The van der Waals surface area contributed by atoms with Gasteiger partial charge in [0.15, 0.2) is 0 Å². The van der Waals surface area contributed by atoms with Crippen LogP contribution in [0.1, 0.15) is 32.2 Å². The van der Waals surface area contributed by atoms with Crippen LogP contribution in [0.15, 0.2) is 12.7 Å². The van der Waals surface area contributed by atoms with Crippen LogP contribution in [0.2, 0.25) is 5.02 Å². The Bertz CT molecular complexity index is 437. The Hall–Kier alpha value is -0.800. The van der Waals surface area contributed by atoms with Crippen LogP contribution in [0, 0.1) is 18.3 Å². The van der Waals surface area contributed by atoms with Gasteiger partial charge in [-0.2, -0.15) is 5.10 Å². The molecule has 1 N–H and O–H groups in total. The molecule has 0 aromatic carbocycles. The molecule has 108 valence electrons. The minimum absolute atomic E-state index is 0.0151. The number of rotatable bonds is 7. The molecule has 4 heteroatoms. The molecule has 0 amide bonds. The SMILES string of the molecule is C=CC(C)(CNCC(C)C)Cc1c(Cl)c(C)nn1C. The molecule has 0 saturated heterocycles. The average molecular weight is 284 g/mol. The van der Waals surface area contributed by atoms with Gasteiger partial charge in [0.2, 0.25) is 0 Å². The minimum atomic E-state index is -0.0151. The molecule has 19 heavy (non-hydrogen) atoms. The summed E-state index contributed by atoms with van der Waals surface area (Å²) in [6, 6.07) is 0. The number of nitrogens with zero attached hydrogens (tertiary/aromatic N) is 2. The van der Waals surface area contributed by atoms with Gasteiger partial charge < -0.3 is 5.32 Å². The van der Waals surface area contributed by atoms with Gasteiger partial charge in [0.05, 0.1) is 16.4 Å². The Morgan fingerprint density at radius 3 is 2.58 bits per heavy atom. The zero-order chi connectivity index (χ0) is 14.6. The van der Waals surface area contributed by atoms with Crippen molar-refractivity contribution in [1.29, 1.82) is 0 Å². The molecule has 1 unspecified atom stereocenters. The zero-order valence-corrected chi connectivity index (χ0v) is 13.5. The quantitative estimate of drug-likeness (QED) is 0.778. The Balaban J connectivity index is 2.77. The zero-order valence-electron chi connectivity index (χ0n) is 12.8. The van der Waals surface area contributed by atoms with E-state index in [9.17, 15) is 0 Å². The Morgan fingerprint density at radius 1 is 1.53 bits per heavy atom. The van der Waals surface area contributed by atoms with Crippen molar-refractivity contribution in [2.75, 3.05) is 13.1 Å². The van der Waals surface area contributed by atoms with Gasteiger partial charge in [-0.1, -0.05) is 38.4 Å². The van der Waals surface area contributed by atoms with Crippen molar-refractivity contribution in [3.8, 4) is 0 Å². The molecule has 0 aliphatic carbocycles. The second-order valence-electron chi connectivity index (χ2n) is 6.03. The van der Waals surface area contributed by atoms with Crippen LogP contribution < -0.4 is 5.32 Å². The third-order valence-corrected chi connectivity index (χ3v) is 3.90. The second-order valence-corrected chi connectivity index (χ2v) is 6.41. The first kappa shape index (κ1) is 16.3. The van der Waals surface area contributed by atoms with Crippen LogP contribution in [-0.2, 0) is 13.5 Å². The highest BCUT2D eigenvalue weighted by atomic mass is 35.5. The van der Waals surface area contributed by atoms with Gasteiger partial charge in [-0.05, 0) is 19.4 Å². The third kappa shape index (κ3) is 4.36. The molecule has 1 atom stereocenters. The molecule has 0 spiro atoms. The summed E-state index contributed by atoms with van der Waals surface area (Å²) in [5.41, 5.74) is 1.95. The molecule has 0 fully saturated rings. The second kappa shape index (κ2) is 6.58. The van der Waals surface area contributed by atoms with Crippen LogP contribution in [0.4, 0.5) is 0 Å². The monoisotopic (exact) mass is 283 g/mol. The van der Waals surface area contributed by atoms with E-state index in [0.29, 0.717) is 5.92 Å². The van der Waals surface area contributed by atoms with Crippen LogP contribution in [-0.4, -0.2) is 22.9 Å². The molecule has 0 saturated carbocycles. The molecule has 1 rings (SSSR count). The number of hydrogen-bond donors (Lipinski definition) is 1. The molecule has 1 aromatic heterocycles. The Morgan fingerprint density at radius 2 is 2.16 bits per heavy atom. The molecule has 0 aliphatic heterocycles. The van der Waals surface area contributed by atoms with Crippen molar-refractivity contribution < 1.29 is 0 Å². The summed E-state index contributed by atoms with van der Waals surface area (Å²) in [5.74, 6) is 0.650. The first-order valence-electron chi connectivity index (χ1n) is 6.81. The number of hydrogen-bond acceptors (Lipinski definition) is 2. The molecule has 0 radical (unpaired) electrons. The first-order chi connectivity index (χ1) is 8.79. The fraction of sp³-hybridized carbons (Fsp3) is 0.667. The van der Waals surface area contributed by atoms with Crippen LogP contribution >= 0.6 is 11.6 Å². The highest BCUT2D eigenvalue weighted by Gasteiger charge is 2.24. The lowest BCUT2D eigenvalue weighted by molar-refractivity contribution is 0.369. The number of nitrogens with one attached hydrogen (secondary N) is 1. The fourth-order valence-corrected chi connectivity index (χ4v) is 2.33. The van der Waals surface area contributed by atoms with Crippen LogP contribution in [0.25, 0.3) is 0 Å². The van der Waals surface area contributed by atoms with Crippen molar-refractivity contribution in [3.05, 3.63) is 29.1 Å². The van der Waals surface area contributed by atoms with E-state index >= 15 is 0 Å². The first-order valence-corrected chi connectivity index (χ1v) is 7.19.